The van der Waals surface area contributed by atoms with Crippen LogP contribution >= 0.6 is 0 Å². The quantitative estimate of drug-likeness (QED) is 0.619. The lowest BCUT2D eigenvalue weighted by Gasteiger charge is -2.48. The van der Waals surface area contributed by atoms with Crippen molar-refractivity contribution in [3.8, 4) is 11.1 Å². The number of aliphatic hydroxyl groups is 1. The summed E-state index contributed by atoms with van der Waals surface area (Å²) >= 11 is 0. The maximum atomic E-state index is 14.3. The van der Waals surface area contributed by atoms with Crippen molar-refractivity contribution < 1.29 is 14.3 Å². The summed E-state index contributed by atoms with van der Waals surface area (Å²) in [5.41, 5.74) is 8.34. The normalized spacial score (nSPS) is 24.4. The van der Waals surface area contributed by atoms with E-state index in [1.54, 1.807) is 17.2 Å². The van der Waals surface area contributed by atoms with E-state index in [1.807, 2.05) is 39.0 Å². The Hall–Kier alpha value is -2.77. The van der Waals surface area contributed by atoms with E-state index in [-0.39, 0.29) is 30.1 Å². The zero-order valence-electron chi connectivity index (χ0n) is 17.4. The maximum Gasteiger partial charge on any atom is 0.236 e. The molecule has 0 bridgehead atoms. The van der Waals surface area contributed by atoms with Gasteiger partial charge in [0.05, 0.1) is 17.5 Å². The molecule has 7 heteroatoms. The Morgan fingerprint density at radius 1 is 1.33 bits per heavy atom. The van der Waals surface area contributed by atoms with E-state index in [9.17, 15) is 14.3 Å². The van der Waals surface area contributed by atoms with Crippen molar-refractivity contribution >= 4 is 16.9 Å². The van der Waals surface area contributed by atoms with Crippen molar-refractivity contribution in [3.63, 3.8) is 0 Å². The lowest BCUT2D eigenvalue weighted by Crippen LogP contribution is -2.57. The molecule has 0 unspecified atom stereocenters. The first-order valence-electron chi connectivity index (χ1n) is 10.2. The Bertz CT molecular complexity index is 1100. The molecule has 4 rings (SSSR count). The molecule has 0 saturated carbocycles. The summed E-state index contributed by atoms with van der Waals surface area (Å²) in [6, 6.07) is 7.61. The van der Waals surface area contributed by atoms with Gasteiger partial charge in [-0.3, -0.25) is 4.79 Å². The van der Waals surface area contributed by atoms with Gasteiger partial charge in [0.1, 0.15) is 5.65 Å². The maximum absolute atomic E-state index is 14.3. The fourth-order valence-corrected chi connectivity index (χ4v) is 4.90. The molecule has 30 heavy (non-hydrogen) atoms. The summed E-state index contributed by atoms with van der Waals surface area (Å²) in [7, 11) is 0. The number of nitrogens with two attached hydrogens (primary N) is 1. The van der Waals surface area contributed by atoms with Crippen LogP contribution in [0.5, 0.6) is 0 Å². The van der Waals surface area contributed by atoms with Gasteiger partial charge in [0, 0.05) is 37.3 Å². The lowest BCUT2D eigenvalue weighted by atomic mass is 9.69. The fraction of sp³-hybridized carbons (Fsp3) is 0.391. The Kier molecular flexibility index (Phi) is 5.11. The average molecular weight is 410 g/mol. The average Bonchev–Trinajstić information content (AvgIpc) is 3.12. The summed E-state index contributed by atoms with van der Waals surface area (Å²) in [5.74, 6) is -0.752. The number of aromatic nitrogens is 2. The second kappa shape index (κ2) is 7.49. The van der Waals surface area contributed by atoms with Gasteiger partial charge in [-0.25, -0.2) is 9.37 Å². The van der Waals surface area contributed by atoms with Crippen LogP contribution in [0, 0.1) is 24.6 Å². The molecule has 3 aromatic rings. The highest BCUT2D eigenvalue weighted by atomic mass is 19.1. The van der Waals surface area contributed by atoms with Crippen molar-refractivity contribution in [2.45, 2.75) is 26.4 Å². The van der Waals surface area contributed by atoms with Gasteiger partial charge in [0.15, 0.2) is 5.82 Å². The molecule has 1 aromatic carbocycles. The zero-order chi connectivity index (χ0) is 21.6. The summed E-state index contributed by atoms with van der Waals surface area (Å²) in [4.78, 5) is 20.8. The first-order valence-corrected chi connectivity index (χ1v) is 10.2. The number of nitrogens with zero attached hydrogens (tertiary/aromatic N) is 2. The van der Waals surface area contributed by atoms with Crippen LogP contribution in [0.3, 0.4) is 0 Å². The molecule has 0 radical (unpaired) electrons. The number of rotatable bonds is 3. The molecule has 0 spiro atoms. The van der Waals surface area contributed by atoms with E-state index in [1.165, 1.54) is 6.20 Å². The molecule has 1 saturated heterocycles. The molecule has 1 aliphatic rings. The first kappa shape index (κ1) is 20.5. The third-order valence-corrected chi connectivity index (χ3v) is 6.51. The number of pyridine rings is 1. The summed E-state index contributed by atoms with van der Waals surface area (Å²) in [6.07, 6.45) is 2.96. The second-order valence-corrected chi connectivity index (χ2v) is 8.38. The standard InChI is InChI=1S/C23H27FN4O2/c1-13-8-16(17-6-7-26-22-21(17)19(24)10-27-22)4-5-18(13)23(30)14(2)11-28(12-15(23)3)20(29)9-25/h4-8,10,14-15,30H,9,11-12,25H2,1-3H3,(H,26,27)/t14-,15+,23-. The number of carbonyl (C=O) groups excluding carboxylic acids is 1. The number of H-pyrrole nitrogens is 1. The van der Waals surface area contributed by atoms with Crippen LogP contribution in [0.1, 0.15) is 25.0 Å². The molecule has 1 fully saturated rings. The van der Waals surface area contributed by atoms with E-state index in [4.69, 9.17) is 5.73 Å². The van der Waals surface area contributed by atoms with Gasteiger partial charge in [0.2, 0.25) is 5.91 Å². The number of benzene rings is 1. The highest BCUT2D eigenvalue weighted by molar-refractivity contribution is 5.93. The molecule has 3 heterocycles. The molecule has 158 valence electrons. The zero-order valence-corrected chi connectivity index (χ0v) is 17.4. The number of likely N-dealkylation sites (tertiary alicyclic amines) is 1. The minimum absolute atomic E-state index is 0.0261. The molecule has 2 aromatic heterocycles. The highest BCUT2D eigenvalue weighted by Gasteiger charge is 2.47. The van der Waals surface area contributed by atoms with Crippen LogP contribution in [0.2, 0.25) is 0 Å². The molecule has 1 aliphatic heterocycles. The molecular weight excluding hydrogens is 383 g/mol. The van der Waals surface area contributed by atoms with Gasteiger partial charge < -0.3 is 20.7 Å². The van der Waals surface area contributed by atoms with Gasteiger partial charge in [-0.1, -0.05) is 32.0 Å². The molecule has 6 nitrogen and oxygen atoms in total. The van der Waals surface area contributed by atoms with E-state index in [0.717, 1.165) is 22.3 Å². The predicted molar refractivity (Wildman–Crippen MR) is 114 cm³/mol. The molecule has 0 aliphatic carbocycles. The number of carbonyl (C=O) groups is 1. The second-order valence-electron chi connectivity index (χ2n) is 8.38. The highest BCUT2D eigenvalue weighted by Crippen LogP contribution is 2.43. The van der Waals surface area contributed by atoms with E-state index in [0.29, 0.717) is 24.1 Å². The van der Waals surface area contributed by atoms with Crippen molar-refractivity contribution in [2.24, 2.45) is 17.6 Å². The van der Waals surface area contributed by atoms with Crippen molar-refractivity contribution in [1.82, 2.24) is 14.9 Å². The molecule has 1 amide bonds. The van der Waals surface area contributed by atoms with Crippen molar-refractivity contribution in [2.75, 3.05) is 19.6 Å². The van der Waals surface area contributed by atoms with Crippen LogP contribution in [-0.2, 0) is 10.4 Å². The molecular formula is C23H27FN4O2. The Labute approximate surface area is 174 Å². The third-order valence-electron chi connectivity index (χ3n) is 6.51. The van der Waals surface area contributed by atoms with Crippen molar-refractivity contribution in [3.05, 3.63) is 53.6 Å². The number of fused-ring (bicyclic) bond motifs is 1. The number of aryl methyl sites for hydroxylation is 1. The van der Waals surface area contributed by atoms with Crippen LogP contribution < -0.4 is 5.73 Å². The van der Waals surface area contributed by atoms with Gasteiger partial charge in [0.25, 0.3) is 0 Å². The molecule has 4 N–H and O–H groups in total. The van der Waals surface area contributed by atoms with Crippen LogP contribution in [0.15, 0.2) is 36.7 Å². The van der Waals surface area contributed by atoms with E-state index < -0.39 is 5.60 Å². The largest absolute Gasteiger partial charge is 0.384 e. The topological polar surface area (TPSA) is 95.2 Å². The number of nitrogens with one attached hydrogen (secondary N) is 1. The fourth-order valence-electron chi connectivity index (χ4n) is 4.90. The monoisotopic (exact) mass is 410 g/mol. The number of hydrogen-bond donors (Lipinski definition) is 3. The minimum atomic E-state index is -1.07. The summed E-state index contributed by atoms with van der Waals surface area (Å²) in [6.45, 7) is 6.76. The van der Waals surface area contributed by atoms with Gasteiger partial charge in [-0.2, -0.15) is 0 Å². The predicted octanol–water partition coefficient (Wildman–Crippen LogP) is 2.94. The third kappa shape index (κ3) is 3.09. The summed E-state index contributed by atoms with van der Waals surface area (Å²) in [5, 5.41) is 12.2. The first-order chi connectivity index (χ1) is 14.3. The SMILES string of the molecule is Cc1cc(-c2ccnc3[nH]cc(F)c23)ccc1[C@@]1(O)[C@H](C)CN(C(=O)CN)C[C@@H]1C. The van der Waals surface area contributed by atoms with Crippen LogP contribution in [-0.4, -0.2) is 45.5 Å². The Morgan fingerprint density at radius 2 is 2.03 bits per heavy atom. The van der Waals surface area contributed by atoms with Crippen LogP contribution in [0.25, 0.3) is 22.2 Å². The summed E-state index contributed by atoms with van der Waals surface area (Å²) < 4.78 is 14.3. The van der Waals surface area contributed by atoms with Crippen molar-refractivity contribution in [1.29, 1.82) is 0 Å². The Balaban J connectivity index is 1.73. The number of aromatic amines is 1. The molecule has 3 atom stereocenters. The van der Waals surface area contributed by atoms with Gasteiger partial charge in [-0.05, 0) is 35.2 Å². The van der Waals surface area contributed by atoms with Gasteiger partial charge in [-0.15, -0.1) is 0 Å². The number of piperidine rings is 1. The minimum Gasteiger partial charge on any atom is -0.384 e. The van der Waals surface area contributed by atoms with Crippen LogP contribution in [0.4, 0.5) is 4.39 Å². The number of halogens is 1. The smallest absolute Gasteiger partial charge is 0.236 e. The number of amides is 1. The van der Waals surface area contributed by atoms with E-state index >= 15 is 0 Å². The van der Waals surface area contributed by atoms with Gasteiger partial charge >= 0.3 is 0 Å². The lowest BCUT2D eigenvalue weighted by molar-refractivity contribution is -0.147. The van der Waals surface area contributed by atoms with E-state index in [2.05, 4.69) is 9.97 Å². The Morgan fingerprint density at radius 3 is 2.67 bits per heavy atom. The number of hydrogen-bond acceptors (Lipinski definition) is 4.